The van der Waals surface area contributed by atoms with Gasteiger partial charge >= 0.3 is 0 Å². The summed E-state index contributed by atoms with van der Waals surface area (Å²) in [5.41, 5.74) is 11.7. The molecule has 8 aromatic rings. The van der Waals surface area contributed by atoms with Gasteiger partial charge in [-0.05, 0) is 44.5 Å². The molecule has 0 aliphatic heterocycles. The molecule has 0 fully saturated rings. The Hall–Kier alpha value is -6.80. The maximum atomic E-state index is 4.24. The Labute approximate surface area is 283 Å². The molecule has 0 saturated heterocycles. The fourth-order valence-electron chi connectivity index (χ4n) is 6.44. The molecule has 0 unspecified atom stereocenters. The number of benzene rings is 4. The molecule has 8 rings (SSSR count). The molecule has 49 heavy (non-hydrogen) atoms. The molecule has 232 valence electrons. The second-order valence-electron chi connectivity index (χ2n) is 11.6. The van der Waals surface area contributed by atoms with E-state index in [1.807, 2.05) is 49.6 Å². The van der Waals surface area contributed by atoms with Crippen LogP contribution in [0.2, 0.25) is 0 Å². The van der Waals surface area contributed by atoms with Crippen molar-refractivity contribution in [3.05, 3.63) is 194 Å². The van der Waals surface area contributed by atoms with Crippen molar-refractivity contribution in [3.63, 3.8) is 0 Å². The van der Waals surface area contributed by atoms with Gasteiger partial charge in [-0.15, -0.1) is 0 Å². The maximum absolute atomic E-state index is 4.24. The Balaban J connectivity index is 1.35. The summed E-state index contributed by atoms with van der Waals surface area (Å²) in [6, 6.07) is 34.8. The van der Waals surface area contributed by atoms with Crippen molar-refractivity contribution in [1.82, 2.24) is 39.9 Å². The van der Waals surface area contributed by atoms with Crippen LogP contribution < -0.4 is 0 Å². The van der Waals surface area contributed by atoms with E-state index in [0.717, 1.165) is 66.8 Å². The molecule has 4 aromatic carbocycles. The van der Waals surface area contributed by atoms with Crippen LogP contribution in [0.4, 0.5) is 0 Å². The molecule has 0 atom stereocenters. The van der Waals surface area contributed by atoms with Crippen LogP contribution in [0.1, 0.15) is 22.3 Å². The summed E-state index contributed by atoms with van der Waals surface area (Å²) >= 11 is 0. The third kappa shape index (κ3) is 5.72. The van der Waals surface area contributed by atoms with Gasteiger partial charge in [0.25, 0.3) is 0 Å². The molecule has 0 saturated carbocycles. The highest BCUT2D eigenvalue weighted by atomic mass is 14.8. The van der Waals surface area contributed by atoms with Crippen molar-refractivity contribution >= 4 is 0 Å². The topological polar surface area (TPSA) is 103 Å². The van der Waals surface area contributed by atoms with Crippen molar-refractivity contribution < 1.29 is 0 Å². The van der Waals surface area contributed by atoms with E-state index in [0.29, 0.717) is 0 Å². The fraction of sp³-hybridized carbons (Fsp3) is 0.0244. The first-order chi connectivity index (χ1) is 24.3. The molecule has 0 N–H and O–H groups in total. The Kier molecular flexibility index (Phi) is 7.93. The van der Waals surface area contributed by atoms with Crippen LogP contribution in [0.25, 0.3) is 44.5 Å². The zero-order valence-electron chi connectivity index (χ0n) is 26.2. The van der Waals surface area contributed by atoms with Gasteiger partial charge < -0.3 is 0 Å². The molecular weight excluding hydrogens is 605 g/mol. The second kappa shape index (κ2) is 13.1. The van der Waals surface area contributed by atoms with E-state index in [2.05, 4.69) is 137 Å². The highest BCUT2D eigenvalue weighted by Crippen LogP contribution is 2.46. The standard InChI is InChI=1S/C41H28N8/c1-9-37(10-2-29(1)33-17-42-25-43-18-33)41(38-11-3-30(4-12-38)34-19-44-26-45-20-34,39-13-5-31(6-14-39)35-21-46-27-47-22-35)40-15-7-32(8-16-40)36-23-48-28-49-24-36/h1-28H. The Morgan fingerprint density at radius 2 is 0.408 bits per heavy atom. The van der Waals surface area contributed by atoms with Crippen LogP contribution in [-0.4, -0.2) is 39.9 Å². The van der Waals surface area contributed by atoms with Gasteiger partial charge in [-0.1, -0.05) is 97.1 Å². The number of hydrogen-bond donors (Lipinski definition) is 0. The normalized spacial score (nSPS) is 11.3. The van der Waals surface area contributed by atoms with Gasteiger partial charge in [0, 0.05) is 71.8 Å². The summed E-state index contributed by atoms with van der Waals surface area (Å²) in [7, 11) is 0. The van der Waals surface area contributed by atoms with Crippen LogP contribution in [-0.2, 0) is 5.41 Å². The summed E-state index contributed by atoms with van der Waals surface area (Å²) in [6.45, 7) is 0. The van der Waals surface area contributed by atoms with E-state index < -0.39 is 5.41 Å². The molecule has 8 heteroatoms. The van der Waals surface area contributed by atoms with Crippen LogP contribution in [0.5, 0.6) is 0 Å². The van der Waals surface area contributed by atoms with Crippen LogP contribution in [0.3, 0.4) is 0 Å². The van der Waals surface area contributed by atoms with E-state index in [4.69, 9.17) is 0 Å². The molecular formula is C41H28N8. The van der Waals surface area contributed by atoms with Crippen molar-refractivity contribution in [2.75, 3.05) is 0 Å². The summed E-state index contributed by atoms with van der Waals surface area (Å²) in [4.78, 5) is 33.9. The first-order valence-electron chi connectivity index (χ1n) is 15.7. The smallest absolute Gasteiger partial charge is 0.115 e. The Morgan fingerprint density at radius 3 is 0.592 bits per heavy atom. The Morgan fingerprint density at radius 1 is 0.224 bits per heavy atom. The second-order valence-corrected chi connectivity index (χ2v) is 11.6. The van der Waals surface area contributed by atoms with E-state index in [1.165, 1.54) is 0 Å². The number of rotatable bonds is 8. The molecule has 0 radical (unpaired) electrons. The zero-order chi connectivity index (χ0) is 32.9. The van der Waals surface area contributed by atoms with Crippen molar-refractivity contribution in [1.29, 1.82) is 0 Å². The predicted molar refractivity (Wildman–Crippen MR) is 189 cm³/mol. The molecule has 0 bridgehead atoms. The van der Waals surface area contributed by atoms with Gasteiger partial charge in [-0.25, -0.2) is 39.9 Å². The first-order valence-corrected chi connectivity index (χ1v) is 15.7. The summed E-state index contributed by atoms with van der Waals surface area (Å²) in [5, 5.41) is 0. The monoisotopic (exact) mass is 632 g/mol. The van der Waals surface area contributed by atoms with Crippen LogP contribution >= 0.6 is 0 Å². The highest BCUT2D eigenvalue weighted by Gasteiger charge is 2.38. The number of hydrogen-bond acceptors (Lipinski definition) is 8. The minimum Gasteiger partial charge on any atom is -0.244 e. The molecule has 0 aliphatic rings. The van der Waals surface area contributed by atoms with Gasteiger partial charge in [-0.3, -0.25) is 0 Å². The first kappa shape index (κ1) is 29.6. The van der Waals surface area contributed by atoms with Gasteiger partial charge in [0.2, 0.25) is 0 Å². The lowest BCUT2D eigenvalue weighted by Crippen LogP contribution is -2.31. The van der Waals surface area contributed by atoms with Crippen molar-refractivity contribution in [2.45, 2.75) is 5.41 Å². The molecule has 4 aromatic heterocycles. The van der Waals surface area contributed by atoms with E-state index in [1.54, 1.807) is 25.3 Å². The quantitative estimate of drug-likeness (QED) is 0.156. The minimum atomic E-state index is -0.700. The lowest BCUT2D eigenvalue weighted by atomic mass is 9.64. The summed E-state index contributed by atoms with van der Waals surface area (Å²) in [5.74, 6) is 0. The van der Waals surface area contributed by atoms with Gasteiger partial charge in [0.1, 0.15) is 25.3 Å². The maximum Gasteiger partial charge on any atom is 0.115 e. The number of nitrogens with zero attached hydrogens (tertiary/aromatic N) is 8. The highest BCUT2D eigenvalue weighted by molar-refractivity contribution is 5.71. The third-order valence-corrected chi connectivity index (χ3v) is 8.85. The van der Waals surface area contributed by atoms with Crippen molar-refractivity contribution in [3.8, 4) is 44.5 Å². The molecule has 8 nitrogen and oxygen atoms in total. The van der Waals surface area contributed by atoms with Gasteiger partial charge in [0.05, 0.1) is 5.41 Å². The largest absolute Gasteiger partial charge is 0.244 e. The SMILES string of the molecule is c1ncc(-c2ccc(C(c3ccc(-c4cncnc4)cc3)(c3ccc(-c4cncnc4)cc3)c3ccc(-c4cncnc4)cc3)cc2)cn1. The van der Waals surface area contributed by atoms with Crippen LogP contribution in [0, 0.1) is 0 Å². The Bertz CT molecular complexity index is 1930. The van der Waals surface area contributed by atoms with Gasteiger partial charge in [-0.2, -0.15) is 0 Å². The lowest BCUT2D eigenvalue weighted by Gasteiger charge is -2.37. The zero-order valence-corrected chi connectivity index (χ0v) is 26.2. The van der Waals surface area contributed by atoms with Crippen molar-refractivity contribution in [2.24, 2.45) is 0 Å². The fourth-order valence-corrected chi connectivity index (χ4v) is 6.44. The van der Waals surface area contributed by atoms with E-state index >= 15 is 0 Å². The third-order valence-electron chi connectivity index (χ3n) is 8.85. The van der Waals surface area contributed by atoms with Gasteiger partial charge in [0.15, 0.2) is 0 Å². The van der Waals surface area contributed by atoms with E-state index in [-0.39, 0.29) is 0 Å². The molecule has 0 amide bonds. The average molecular weight is 633 g/mol. The minimum absolute atomic E-state index is 0.700. The summed E-state index contributed by atoms with van der Waals surface area (Å²) < 4.78 is 0. The predicted octanol–water partition coefficient (Wildman–Crippen LogP) is 7.90. The van der Waals surface area contributed by atoms with Crippen LogP contribution in [0.15, 0.2) is 172 Å². The molecule has 4 heterocycles. The molecule has 0 spiro atoms. The lowest BCUT2D eigenvalue weighted by molar-refractivity contribution is 0.745. The average Bonchev–Trinajstić information content (AvgIpc) is 3.20. The molecule has 0 aliphatic carbocycles. The van der Waals surface area contributed by atoms with E-state index in [9.17, 15) is 0 Å². The summed E-state index contributed by atoms with van der Waals surface area (Å²) in [6.07, 6.45) is 20.8. The number of aromatic nitrogens is 8.